The summed E-state index contributed by atoms with van der Waals surface area (Å²) in [5.41, 5.74) is 1.28. The molecule has 1 atom stereocenters. The Morgan fingerprint density at radius 3 is 2.57 bits per heavy atom. The van der Waals surface area contributed by atoms with Gasteiger partial charge in [0.2, 0.25) is 5.91 Å². The molecule has 1 unspecified atom stereocenters. The Balaban J connectivity index is 0.00000450. The van der Waals surface area contributed by atoms with Crippen molar-refractivity contribution < 1.29 is 4.79 Å². The van der Waals surface area contributed by atoms with Crippen LogP contribution < -0.4 is 10.6 Å². The molecular formula is C23H40IN5O. The van der Waals surface area contributed by atoms with Gasteiger partial charge >= 0.3 is 0 Å². The second-order valence-corrected chi connectivity index (χ2v) is 8.65. The molecule has 1 fully saturated rings. The van der Waals surface area contributed by atoms with E-state index in [1.54, 1.807) is 4.90 Å². The highest BCUT2D eigenvalue weighted by Gasteiger charge is 2.31. The number of nitrogens with zero attached hydrogens (tertiary/aromatic N) is 3. The molecule has 2 N–H and O–H groups in total. The maximum Gasteiger partial charge on any atom is 0.239 e. The molecule has 1 heterocycles. The Bertz CT molecular complexity index is 663. The standard InChI is InChI=1S/C23H39N5O.HI/c1-6-24-22(26-18-23(2,3)19-12-8-7-9-13-19)25-15-11-17-28-16-10-14-20(28)21(29)27(4)5;/h7-9,12-13,20H,6,10-11,14-18H2,1-5H3,(H2,24,25,26);1H. The van der Waals surface area contributed by atoms with E-state index >= 15 is 0 Å². The molecule has 1 aromatic carbocycles. The quantitative estimate of drug-likeness (QED) is 0.224. The predicted molar refractivity (Wildman–Crippen MR) is 137 cm³/mol. The van der Waals surface area contributed by atoms with E-state index in [0.29, 0.717) is 0 Å². The van der Waals surface area contributed by atoms with E-state index < -0.39 is 0 Å². The van der Waals surface area contributed by atoms with Gasteiger partial charge in [0.05, 0.1) is 12.6 Å². The third kappa shape index (κ3) is 8.06. The van der Waals surface area contributed by atoms with Gasteiger partial charge in [0, 0.05) is 39.1 Å². The third-order valence-corrected chi connectivity index (χ3v) is 5.54. The van der Waals surface area contributed by atoms with Crippen LogP contribution in [-0.2, 0) is 10.2 Å². The molecule has 0 spiro atoms. The Labute approximate surface area is 199 Å². The number of likely N-dealkylation sites (N-methyl/N-ethyl adjacent to an activating group) is 1. The summed E-state index contributed by atoms with van der Waals surface area (Å²) in [5, 5.41) is 6.79. The van der Waals surface area contributed by atoms with E-state index in [4.69, 9.17) is 4.99 Å². The summed E-state index contributed by atoms with van der Waals surface area (Å²) in [7, 11) is 3.69. The third-order valence-electron chi connectivity index (χ3n) is 5.54. The number of rotatable bonds is 9. The van der Waals surface area contributed by atoms with Crippen molar-refractivity contribution in [2.45, 2.75) is 51.5 Å². The summed E-state index contributed by atoms with van der Waals surface area (Å²) in [4.78, 5) is 21.2. The molecule has 1 saturated heterocycles. The number of hydrogen-bond acceptors (Lipinski definition) is 3. The fraction of sp³-hybridized carbons (Fsp3) is 0.652. The van der Waals surface area contributed by atoms with Crippen LogP contribution in [0.5, 0.6) is 0 Å². The SMILES string of the molecule is CCNC(=NCC(C)(C)c1ccccc1)NCCCN1CCCC1C(=O)N(C)C.I. The van der Waals surface area contributed by atoms with Crippen molar-refractivity contribution >= 4 is 35.8 Å². The topological polar surface area (TPSA) is 60.0 Å². The van der Waals surface area contributed by atoms with Crippen LogP contribution >= 0.6 is 24.0 Å². The summed E-state index contributed by atoms with van der Waals surface area (Å²) in [6.07, 6.45) is 3.07. The van der Waals surface area contributed by atoms with Gasteiger partial charge in [-0.3, -0.25) is 14.7 Å². The van der Waals surface area contributed by atoms with Crippen molar-refractivity contribution in [3.8, 4) is 0 Å². The molecule has 1 aromatic rings. The van der Waals surface area contributed by atoms with Crippen LogP contribution in [0.4, 0.5) is 0 Å². The zero-order valence-electron chi connectivity index (χ0n) is 19.3. The van der Waals surface area contributed by atoms with E-state index in [9.17, 15) is 4.79 Å². The minimum absolute atomic E-state index is 0. The molecule has 0 bridgehead atoms. The van der Waals surface area contributed by atoms with Gasteiger partial charge in [-0.25, -0.2) is 0 Å². The first kappa shape index (κ1) is 26.7. The van der Waals surface area contributed by atoms with Crippen LogP contribution in [0.2, 0.25) is 0 Å². The average molecular weight is 530 g/mol. The smallest absolute Gasteiger partial charge is 0.239 e. The van der Waals surface area contributed by atoms with Gasteiger partial charge in [-0.2, -0.15) is 0 Å². The lowest BCUT2D eigenvalue weighted by molar-refractivity contribution is -0.133. The van der Waals surface area contributed by atoms with E-state index in [1.807, 2.05) is 20.2 Å². The van der Waals surface area contributed by atoms with Gasteiger partial charge in [0.1, 0.15) is 0 Å². The molecule has 0 aliphatic carbocycles. The first-order valence-electron chi connectivity index (χ1n) is 10.9. The van der Waals surface area contributed by atoms with Gasteiger partial charge in [-0.05, 0) is 38.3 Å². The number of halogens is 1. The lowest BCUT2D eigenvalue weighted by Gasteiger charge is -2.26. The normalized spacial score (nSPS) is 17.4. The Morgan fingerprint density at radius 1 is 1.23 bits per heavy atom. The molecule has 1 amide bonds. The van der Waals surface area contributed by atoms with E-state index in [1.165, 1.54) is 5.56 Å². The minimum Gasteiger partial charge on any atom is -0.357 e. The summed E-state index contributed by atoms with van der Waals surface area (Å²) in [6, 6.07) is 10.6. The van der Waals surface area contributed by atoms with E-state index in [-0.39, 0.29) is 41.3 Å². The largest absolute Gasteiger partial charge is 0.357 e. The van der Waals surface area contributed by atoms with Crippen molar-refractivity contribution in [2.75, 3.05) is 46.8 Å². The lowest BCUT2D eigenvalue weighted by Crippen LogP contribution is -2.44. The minimum atomic E-state index is -0.0150. The van der Waals surface area contributed by atoms with Crippen molar-refractivity contribution in [2.24, 2.45) is 4.99 Å². The maximum atomic E-state index is 12.3. The molecule has 6 nitrogen and oxygen atoms in total. The number of carbonyl (C=O) groups excluding carboxylic acids is 1. The molecular weight excluding hydrogens is 489 g/mol. The molecule has 30 heavy (non-hydrogen) atoms. The molecule has 7 heteroatoms. The first-order valence-corrected chi connectivity index (χ1v) is 10.9. The average Bonchev–Trinajstić information content (AvgIpc) is 3.17. The lowest BCUT2D eigenvalue weighted by atomic mass is 9.85. The molecule has 0 aromatic heterocycles. The summed E-state index contributed by atoms with van der Waals surface area (Å²) in [5.74, 6) is 1.09. The van der Waals surface area contributed by atoms with E-state index in [2.05, 4.69) is 60.6 Å². The number of amides is 1. The van der Waals surface area contributed by atoms with Gasteiger partial charge in [0.15, 0.2) is 5.96 Å². The Morgan fingerprint density at radius 2 is 1.93 bits per heavy atom. The predicted octanol–water partition coefficient (Wildman–Crippen LogP) is 3.08. The Hall–Kier alpha value is -1.35. The van der Waals surface area contributed by atoms with Crippen LogP contribution in [0.3, 0.4) is 0 Å². The van der Waals surface area contributed by atoms with E-state index in [0.717, 1.165) is 57.9 Å². The second kappa shape index (κ2) is 13.1. The first-order chi connectivity index (χ1) is 13.8. The fourth-order valence-corrected chi connectivity index (χ4v) is 3.76. The number of aliphatic imine (C=N–C) groups is 1. The van der Waals surface area contributed by atoms with Crippen LogP contribution in [0.25, 0.3) is 0 Å². The molecule has 0 saturated carbocycles. The van der Waals surface area contributed by atoms with Crippen molar-refractivity contribution in [3.05, 3.63) is 35.9 Å². The highest BCUT2D eigenvalue weighted by Crippen LogP contribution is 2.23. The van der Waals surface area contributed by atoms with Gasteiger partial charge in [-0.15, -0.1) is 24.0 Å². The number of benzene rings is 1. The summed E-state index contributed by atoms with van der Waals surface area (Å²) < 4.78 is 0. The number of nitrogens with one attached hydrogen (secondary N) is 2. The highest BCUT2D eigenvalue weighted by atomic mass is 127. The fourth-order valence-electron chi connectivity index (χ4n) is 3.76. The molecule has 1 aliphatic heterocycles. The maximum absolute atomic E-state index is 12.3. The number of likely N-dealkylation sites (tertiary alicyclic amines) is 1. The van der Waals surface area contributed by atoms with Crippen molar-refractivity contribution in [1.82, 2.24) is 20.4 Å². The molecule has 1 aliphatic rings. The summed E-state index contributed by atoms with van der Waals surface area (Å²) in [6.45, 7) is 10.9. The van der Waals surface area contributed by atoms with Crippen LogP contribution in [0, 0.1) is 0 Å². The van der Waals surface area contributed by atoms with Crippen LogP contribution in [-0.4, -0.2) is 74.5 Å². The number of carbonyl (C=O) groups is 1. The zero-order valence-corrected chi connectivity index (χ0v) is 21.6. The second-order valence-electron chi connectivity index (χ2n) is 8.65. The number of guanidine groups is 1. The summed E-state index contributed by atoms with van der Waals surface area (Å²) >= 11 is 0. The number of hydrogen-bond donors (Lipinski definition) is 2. The zero-order chi connectivity index (χ0) is 21.3. The molecule has 0 radical (unpaired) electrons. The Kier molecular flexibility index (Phi) is 11.7. The van der Waals surface area contributed by atoms with Gasteiger partial charge in [0.25, 0.3) is 0 Å². The molecule has 2 rings (SSSR count). The monoisotopic (exact) mass is 529 g/mol. The van der Waals surface area contributed by atoms with Crippen molar-refractivity contribution in [3.63, 3.8) is 0 Å². The molecule has 170 valence electrons. The van der Waals surface area contributed by atoms with Crippen molar-refractivity contribution in [1.29, 1.82) is 0 Å². The highest BCUT2D eigenvalue weighted by molar-refractivity contribution is 14.0. The van der Waals surface area contributed by atoms with Crippen LogP contribution in [0.15, 0.2) is 35.3 Å². The van der Waals surface area contributed by atoms with Gasteiger partial charge in [-0.1, -0.05) is 44.2 Å². The van der Waals surface area contributed by atoms with Gasteiger partial charge < -0.3 is 15.5 Å². The van der Waals surface area contributed by atoms with Crippen LogP contribution in [0.1, 0.15) is 45.6 Å².